The zero-order valence-electron chi connectivity index (χ0n) is 20.0. The zero-order valence-corrected chi connectivity index (χ0v) is 20.8. The summed E-state index contributed by atoms with van der Waals surface area (Å²) in [5.41, 5.74) is 3.35. The van der Waals surface area contributed by atoms with Gasteiger partial charge >= 0.3 is 0 Å². The highest BCUT2D eigenvalue weighted by molar-refractivity contribution is 8.18. The van der Waals surface area contributed by atoms with Crippen LogP contribution >= 0.6 is 11.8 Å². The Morgan fingerprint density at radius 1 is 1.09 bits per heavy atom. The van der Waals surface area contributed by atoms with Gasteiger partial charge in [-0.3, -0.25) is 19.3 Å². The molecule has 2 aromatic rings. The van der Waals surface area contributed by atoms with Gasteiger partial charge in [0.15, 0.2) is 11.5 Å². The average molecular weight is 483 g/mol. The number of amides is 3. The van der Waals surface area contributed by atoms with Crippen LogP contribution in [0.4, 0.5) is 10.5 Å². The van der Waals surface area contributed by atoms with Gasteiger partial charge in [-0.1, -0.05) is 31.5 Å². The normalized spacial score (nSPS) is 14.6. The largest absolute Gasteiger partial charge is 0.490 e. The summed E-state index contributed by atoms with van der Waals surface area (Å²) in [4.78, 5) is 39.1. The van der Waals surface area contributed by atoms with Crippen molar-refractivity contribution in [3.05, 3.63) is 58.0 Å². The molecule has 0 spiro atoms. The molecule has 0 aliphatic carbocycles. The molecule has 3 amide bonds. The number of hydrogen-bond donors (Lipinski definition) is 1. The summed E-state index contributed by atoms with van der Waals surface area (Å²) in [6.45, 7) is 8.56. The molecule has 8 heteroatoms. The second-order valence-electron chi connectivity index (χ2n) is 7.90. The van der Waals surface area contributed by atoms with E-state index in [1.807, 2.05) is 39.0 Å². The topological polar surface area (TPSA) is 84.9 Å². The number of nitrogens with zero attached hydrogens (tertiary/aromatic N) is 1. The van der Waals surface area contributed by atoms with Crippen molar-refractivity contribution in [1.29, 1.82) is 0 Å². The van der Waals surface area contributed by atoms with E-state index in [-0.39, 0.29) is 11.4 Å². The van der Waals surface area contributed by atoms with Gasteiger partial charge < -0.3 is 14.8 Å². The maximum atomic E-state index is 12.9. The van der Waals surface area contributed by atoms with E-state index in [1.54, 1.807) is 24.3 Å². The van der Waals surface area contributed by atoms with Gasteiger partial charge in [-0.2, -0.15) is 0 Å². The zero-order chi connectivity index (χ0) is 24.7. The van der Waals surface area contributed by atoms with Crippen LogP contribution in [0.3, 0.4) is 0 Å². The van der Waals surface area contributed by atoms with Crippen molar-refractivity contribution in [2.45, 2.75) is 40.5 Å². The lowest BCUT2D eigenvalue weighted by Gasteiger charge is -2.14. The van der Waals surface area contributed by atoms with Crippen molar-refractivity contribution >= 4 is 40.6 Å². The van der Waals surface area contributed by atoms with Crippen LogP contribution in [0.1, 0.15) is 43.4 Å². The van der Waals surface area contributed by atoms with Crippen molar-refractivity contribution in [2.75, 3.05) is 25.1 Å². The SMILES string of the molecule is CCCCOc1ccc(/C=C2\SC(=O)N(CC(=O)Nc3cccc(C)c3C)C2=O)cc1OCC. The highest BCUT2D eigenvalue weighted by atomic mass is 32.2. The second kappa shape index (κ2) is 11.7. The molecule has 0 radical (unpaired) electrons. The van der Waals surface area contributed by atoms with Crippen LogP contribution in [0.15, 0.2) is 41.3 Å². The van der Waals surface area contributed by atoms with Crippen molar-refractivity contribution in [2.24, 2.45) is 0 Å². The Balaban J connectivity index is 1.71. The Kier molecular flexibility index (Phi) is 8.76. The summed E-state index contributed by atoms with van der Waals surface area (Å²) >= 11 is 0.817. The number of nitrogens with one attached hydrogen (secondary N) is 1. The van der Waals surface area contributed by atoms with Crippen LogP contribution < -0.4 is 14.8 Å². The fourth-order valence-electron chi connectivity index (χ4n) is 3.34. The number of rotatable bonds is 10. The molecule has 1 aliphatic heterocycles. The number of unbranched alkanes of at least 4 members (excludes halogenated alkanes) is 1. The van der Waals surface area contributed by atoms with Crippen molar-refractivity contribution < 1.29 is 23.9 Å². The standard InChI is InChI=1S/C26H30N2O5S/c1-5-7-13-33-21-12-11-19(14-22(21)32-6-2)15-23-25(30)28(26(31)34-23)16-24(29)27-20-10-8-9-17(3)18(20)4/h8-12,14-15H,5-7,13,16H2,1-4H3,(H,27,29)/b23-15-. The molecule has 1 heterocycles. The lowest BCUT2D eigenvalue weighted by Crippen LogP contribution is -2.36. The molecule has 0 unspecified atom stereocenters. The summed E-state index contributed by atoms with van der Waals surface area (Å²) in [5.74, 6) is 0.306. The quantitative estimate of drug-likeness (QED) is 0.353. The van der Waals surface area contributed by atoms with Gasteiger partial charge in [-0.05, 0) is 79.9 Å². The Morgan fingerprint density at radius 2 is 1.88 bits per heavy atom. The molecule has 0 saturated carbocycles. The van der Waals surface area contributed by atoms with E-state index in [2.05, 4.69) is 12.2 Å². The maximum Gasteiger partial charge on any atom is 0.294 e. The van der Waals surface area contributed by atoms with E-state index in [4.69, 9.17) is 9.47 Å². The third-order valence-corrected chi connectivity index (χ3v) is 6.28. The number of anilines is 1. The highest BCUT2D eigenvalue weighted by Crippen LogP contribution is 2.34. The molecule has 1 fully saturated rings. The minimum Gasteiger partial charge on any atom is -0.490 e. The van der Waals surface area contributed by atoms with Crippen LogP contribution in [0, 0.1) is 13.8 Å². The third kappa shape index (κ3) is 6.20. The molecule has 1 saturated heterocycles. The van der Waals surface area contributed by atoms with Crippen molar-refractivity contribution in [3.8, 4) is 11.5 Å². The van der Waals surface area contributed by atoms with Crippen LogP contribution in [0.2, 0.25) is 0 Å². The summed E-state index contributed by atoms with van der Waals surface area (Å²) < 4.78 is 11.5. The van der Waals surface area contributed by atoms with E-state index in [9.17, 15) is 14.4 Å². The molecule has 3 rings (SSSR count). The first-order chi connectivity index (χ1) is 16.3. The molecular formula is C26H30N2O5S. The van der Waals surface area contributed by atoms with Gasteiger partial charge in [-0.25, -0.2) is 0 Å². The molecule has 1 N–H and O–H groups in total. The minimum absolute atomic E-state index is 0.256. The predicted octanol–water partition coefficient (Wildman–Crippen LogP) is 5.56. The minimum atomic E-state index is -0.493. The van der Waals surface area contributed by atoms with Gasteiger partial charge in [0.2, 0.25) is 5.91 Å². The van der Waals surface area contributed by atoms with E-state index >= 15 is 0 Å². The summed E-state index contributed by atoms with van der Waals surface area (Å²) in [7, 11) is 0. The predicted molar refractivity (Wildman–Crippen MR) is 135 cm³/mol. The molecule has 34 heavy (non-hydrogen) atoms. The summed E-state index contributed by atoms with van der Waals surface area (Å²) in [6, 6.07) is 11.0. The molecule has 0 atom stereocenters. The fraction of sp³-hybridized carbons (Fsp3) is 0.346. The molecule has 180 valence electrons. The number of benzene rings is 2. The molecule has 2 aromatic carbocycles. The van der Waals surface area contributed by atoms with Crippen molar-refractivity contribution in [1.82, 2.24) is 4.90 Å². The van der Waals surface area contributed by atoms with E-state index in [0.29, 0.717) is 36.0 Å². The van der Waals surface area contributed by atoms with Crippen molar-refractivity contribution in [3.63, 3.8) is 0 Å². The number of aryl methyl sites for hydroxylation is 1. The van der Waals surface area contributed by atoms with Gasteiger partial charge in [-0.15, -0.1) is 0 Å². The monoisotopic (exact) mass is 482 g/mol. The lowest BCUT2D eigenvalue weighted by molar-refractivity contribution is -0.127. The molecule has 7 nitrogen and oxygen atoms in total. The fourth-order valence-corrected chi connectivity index (χ4v) is 4.17. The molecule has 0 bridgehead atoms. The second-order valence-corrected chi connectivity index (χ2v) is 8.90. The Morgan fingerprint density at radius 3 is 2.62 bits per heavy atom. The highest BCUT2D eigenvalue weighted by Gasteiger charge is 2.36. The van der Waals surface area contributed by atoms with Gasteiger partial charge in [0, 0.05) is 5.69 Å². The molecular weight excluding hydrogens is 452 g/mol. The van der Waals surface area contributed by atoms with Crippen LogP contribution in [-0.2, 0) is 9.59 Å². The number of hydrogen-bond acceptors (Lipinski definition) is 6. The summed E-state index contributed by atoms with van der Waals surface area (Å²) in [6.07, 6.45) is 3.60. The first-order valence-electron chi connectivity index (χ1n) is 11.3. The third-order valence-electron chi connectivity index (χ3n) is 5.37. The molecule has 0 aromatic heterocycles. The van der Waals surface area contributed by atoms with E-state index in [1.165, 1.54) is 0 Å². The van der Waals surface area contributed by atoms with Crippen LogP contribution in [-0.4, -0.2) is 41.7 Å². The summed E-state index contributed by atoms with van der Waals surface area (Å²) in [5, 5.41) is 2.31. The van der Waals surface area contributed by atoms with Gasteiger partial charge in [0.25, 0.3) is 11.1 Å². The first kappa shape index (κ1) is 25.4. The van der Waals surface area contributed by atoms with E-state index in [0.717, 1.165) is 40.6 Å². The number of ether oxygens (including phenoxy) is 2. The number of imide groups is 1. The van der Waals surface area contributed by atoms with Gasteiger partial charge in [0.1, 0.15) is 6.54 Å². The Hall–Kier alpha value is -3.26. The first-order valence-corrected chi connectivity index (χ1v) is 12.2. The lowest BCUT2D eigenvalue weighted by atomic mass is 10.1. The molecule has 1 aliphatic rings. The van der Waals surface area contributed by atoms with Gasteiger partial charge in [0.05, 0.1) is 18.1 Å². The van der Waals surface area contributed by atoms with E-state index < -0.39 is 17.1 Å². The number of thioether (sulfide) groups is 1. The van der Waals surface area contributed by atoms with Crippen LogP contribution in [0.5, 0.6) is 11.5 Å². The average Bonchev–Trinajstić information content (AvgIpc) is 3.06. The number of carbonyl (C=O) groups is 3. The number of carbonyl (C=O) groups excluding carboxylic acids is 3. The maximum absolute atomic E-state index is 12.9. The van der Waals surface area contributed by atoms with Crippen LogP contribution in [0.25, 0.3) is 6.08 Å². The Labute approximate surface area is 204 Å². The Bertz CT molecular complexity index is 1110. The smallest absolute Gasteiger partial charge is 0.294 e.